The second kappa shape index (κ2) is 11.5. The van der Waals surface area contributed by atoms with Crippen LogP contribution in [0.1, 0.15) is 23.2 Å². The molecule has 8 nitrogen and oxygen atoms in total. The topological polar surface area (TPSA) is 86.3 Å². The number of carbonyl (C=O) groups excluding carboxylic acids is 2. The van der Waals surface area contributed by atoms with Gasteiger partial charge in [0.15, 0.2) is 11.6 Å². The van der Waals surface area contributed by atoms with Crippen LogP contribution in [0.3, 0.4) is 0 Å². The number of anilines is 1. The first-order valence-corrected chi connectivity index (χ1v) is 10.7. The number of likely N-dealkylation sites (tertiary alicyclic amines) is 1. The highest BCUT2D eigenvalue weighted by Crippen LogP contribution is 2.27. The monoisotopic (exact) mass is 460 g/mol. The summed E-state index contributed by atoms with van der Waals surface area (Å²) < 4.78 is 34.8. The Morgan fingerprint density at radius 1 is 1.00 bits per heavy atom. The summed E-state index contributed by atoms with van der Waals surface area (Å²) in [6, 6.07) is 9.34. The lowest BCUT2D eigenvalue weighted by molar-refractivity contribution is -0.121. The Labute approximate surface area is 192 Å². The van der Waals surface area contributed by atoms with Gasteiger partial charge in [-0.15, -0.1) is 0 Å². The minimum absolute atomic E-state index is 0.103. The Bertz CT molecular complexity index is 953. The number of rotatable bonds is 9. The molecule has 33 heavy (non-hydrogen) atoms. The number of benzene rings is 2. The van der Waals surface area contributed by atoms with Gasteiger partial charge in [0.2, 0.25) is 5.91 Å². The number of halogens is 1. The summed E-state index contributed by atoms with van der Waals surface area (Å²) in [5, 5.41) is 2.76. The van der Waals surface area contributed by atoms with Crippen LogP contribution in [0.25, 0.3) is 0 Å². The average molecular weight is 461 g/mol. The number of hydrogen-bond donors (Lipinski definition) is 1. The molecule has 178 valence electrons. The molecule has 0 aliphatic carbocycles. The predicted molar refractivity (Wildman–Crippen MR) is 121 cm³/mol. The lowest BCUT2D eigenvalue weighted by Gasteiger charge is -2.31. The van der Waals surface area contributed by atoms with Crippen LogP contribution in [0.5, 0.6) is 17.2 Å². The van der Waals surface area contributed by atoms with Crippen LogP contribution in [0.15, 0.2) is 36.4 Å². The first kappa shape index (κ1) is 24.3. The summed E-state index contributed by atoms with van der Waals surface area (Å²) in [7, 11) is 4.59. The fraction of sp³-hybridized carbons (Fsp3) is 0.417. The molecule has 9 heteroatoms. The standard InChI is InChI=1S/C24H29FN2O6/c1-30-10-11-33-22-5-4-18(14-21(22)25)26-23(28)16-6-8-27(9-7-16)24(29)17-12-19(31-2)15-20(13-17)32-3/h4-5,12-16H,6-11H2,1-3H3,(H,26,28). The largest absolute Gasteiger partial charge is 0.497 e. The van der Waals surface area contributed by atoms with Crippen LogP contribution >= 0.6 is 0 Å². The van der Waals surface area contributed by atoms with E-state index in [1.54, 1.807) is 29.2 Å². The van der Waals surface area contributed by atoms with Gasteiger partial charge in [-0.2, -0.15) is 0 Å². The van der Waals surface area contributed by atoms with Crippen molar-refractivity contribution in [1.82, 2.24) is 4.90 Å². The first-order chi connectivity index (χ1) is 15.9. The average Bonchev–Trinajstić information content (AvgIpc) is 2.84. The van der Waals surface area contributed by atoms with E-state index in [-0.39, 0.29) is 30.1 Å². The Hall–Kier alpha value is -3.33. The minimum Gasteiger partial charge on any atom is -0.497 e. The summed E-state index contributed by atoms with van der Waals surface area (Å²) in [6.45, 7) is 1.47. The molecule has 0 spiro atoms. The highest BCUT2D eigenvalue weighted by Gasteiger charge is 2.28. The molecule has 0 radical (unpaired) electrons. The number of piperidine rings is 1. The molecule has 0 aromatic heterocycles. The predicted octanol–water partition coefficient (Wildman–Crippen LogP) is 3.36. The van der Waals surface area contributed by atoms with E-state index >= 15 is 0 Å². The summed E-state index contributed by atoms with van der Waals surface area (Å²) in [4.78, 5) is 27.3. The number of ether oxygens (including phenoxy) is 4. The second-order valence-corrected chi connectivity index (χ2v) is 7.64. The van der Waals surface area contributed by atoms with Crippen molar-refractivity contribution < 1.29 is 32.9 Å². The quantitative estimate of drug-likeness (QED) is 0.578. The summed E-state index contributed by atoms with van der Waals surface area (Å²) in [6.07, 6.45) is 1.03. The Morgan fingerprint density at radius 3 is 2.24 bits per heavy atom. The lowest BCUT2D eigenvalue weighted by Crippen LogP contribution is -2.41. The number of nitrogens with one attached hydrogen (secondary N) is 1. The maximum absolute atomic E-state index is 14.2. The van der Waals surface area contributed by atoms with Gasteiger partial charge in [-0.25, -0.2) is 4.39 Å². The molecule has 1 aliphatic rings. The van der Waals surface area contributed by atoms with E-state index in [9.17, 15) is 14.0 Å². The van der Waals surface area contributed by atoms with Crippen LogP contribution in [0, 0.1) is 11.7 Å². The van der Waals surface area contributed by atoms with Gasteiger partial charge in [-0.3, -0.25) is 9.59 Å². The zero-order chi connectivity index (χ0) is 23.8. The van der Waals surface area contributed by atoms with Crippen molar-refractivity contribution in [2.45, 2.75) is 12.8 Å². The van der Waals surface area contributed by atoms with Crippen LogP contribution in [0.2, 0.25) is 0 Å². The smallest absolute Gasteiger partial charge is 0.254 e. The Morgan fingerprint density at radius 2 is 1.67 bits per heavy atom. The second-order valence-electron chi connectivity index (χ2n) is 7.64. The van der Waals surface area contributed by atoms with Gasteiger partial charge < -0.3 is 29.2 Å². The molecule has 1 aliphatic heterocycles. The van der Waals surface area contributed by atoms with Gasteiger partial charge in [0.25, 0.3) is 5.91 Å². The van der Waals surface area contributed by atoms with Gasteiger partial charge in [0.1, 0.15) is 18.1 Å². The molecule has 1 fully saturated rings. The molecule has 3 rings (SSSR count). The van der Waals surface area contributed by atoms with Crippen molar-refractivity contribution in [2.24, 2.45) is 5.92 Å². The maximum atomic E-state index is 14.2. The molecule has 0 bridgehead atoms. The molecule has 2 aromatic rings. The third-order valence-electron chi connectivity index (χ3n) is 5.50. The maximum Gasteiger partial charge on any atom is 0.254 e. The van der Waals surface area contributed by atoms with E-state index in [1.807, 2.05) is 0 Å². The van der Waals surface area contributed by atoms with Crippen molar-refractivity contribution in [1.29, 1.82) is 0 Å². The van der Waals surface area contributed by atoms with Crippen LogP contribution in [-0.2, 0) is 9.53 Å². The lowest BCUT2D eigenvalue weighted by atomic mass is 9.95. The van der Waals surface area contributed by atoms with Gasteiger partial charge in [0, 0.05) is 49.5 Å². The molecule has 1 N–H and O–H groups in total. The number of methoxy groups -OCH3 is 3. The summed E-state index contributed by atoms with van der Waals surface area (Å²) in [5.41, 5.74) is 0.830. The van der Waals surface area contributed by atoms with Crippen molar-refractivity contribution in [3.8, 4) is 17.2 Å². The number of nitrogens with zero attached hydrogens (tertiary/aromatic N) is 1. The molecule has 1 saturated heterocycles. The zero-order valence-electron chi connectivity index (χ0n) is 19.1. The molecule has 0 unspecified atom stereocenters. The van der Waals surface area contributed by atoms with E-state index in [1.165, 1.54) is 33.5 Å². The van der Waals surface area contributed by atoms with E-state index in [0.717, 1.165) is 0 Å². The van der Waals surface area contributed by atoms with Gasteiger partial charge in [-0.1, -0.05) is 0 Å². The molecule has 1 heterocycles. The highest BCUT2D eigenvalue weighted by atomic mass is 19.1. The van der Waals surface area contributed by atoms with Crippen LogP contribution in [0.4, 0.5) is 10.1 Å². The van der Waals surface area contributed by atoms with Crippen LogP contribution < -0.4 is 19.5 Å². The molecule has 0 atom stereocenters. The van der Waals surface area contributed by atoms with E-state index < -0.39 is 5.82 Å². The van der Waals surface area contributed by atoms with E-state index in [0.29, 0.717) is 55.3 Å². The Kier molecular flexibility index (Phi) is 8.48. The van der Waals surface area contributed by atoms with Gasteiger partial charge in [-0.05, 0) is 37.1 Å². The number of hydrogen-bond acceptors (Lipinski definition) is 6. The molecule has 0 saturated carbocycles. The van der Waals surface area contributed by atoms with E-state index in [4.69, 9.17) is 18.9 Å². The van der Waals surface area contributed by atoms with Crippen molar-refractivity contribution in [3.05, 3.63) is 47.8 Å². The molecular weight excluding hydrogens is 431 g/mol. The third-order valence-corrected chi connectivity index (χ3v) is 5.50. The minimum atomic E-state index is -0.557. The highest BCUT2D eigenvalue weighted by molar-refractivity contribution is 5.96. The number of carbonyl (C=O) groups is 2. The summed E-state index contributed by atoms with van der Waals surface area (Å²) >= 11 is 0. The molecule has 2 amide bonds. The molecular formula is C24H29FN2O6. The fourth-order valence-corrected chi connectivity index (χ4v) is 3.63. The summed E-state index contributed by atoms with van der Waals surface area (Å²) in [5.74, 6) is 0.0112. The van der Waals surface area contributed by atoms with Gasteiger partial charge in [0.05, 0.1) is 20.8 Å². The third kappa shape index (κ3) is 6.35. The first-order valence-electron chi connectivity index (χ1n) is 10.7. The van der Waals surface area contributed by atoms with Crippen molar-refractivity contribution in [3.63, 3.8) is 0 Å². The SMILES string of the molecule is COCCOc1ccc(NC(=O)C2CCN(C(=O)c3cc(OC)cc(OC)c3)CC2)cc1F. The zero-order valence-corrected chi connectivity index (χ0v) is 19.1. The normalized spacial score (nSPS) is 14.0. The van der Waals surface area contributed by atoms with Crippen molar-refractivity contribution in [2.75, 3.05) is 52.9 Å². The fourth-order valence-electron chi connectivity index (χ4n) is 3.63. The van der Waals surface area contributed by atoms with Gasteiger partial charge >= 0.3 is 0 Å². The van der Waals surface area contributed by atoms with Crippen LogP contribution in [-0.4, -0.2) is 64.3 Å². The number of amides is 2. The Balaban J connectivity index is 1.55. The van der Waals surface area contributed by atoms with E-state index in [2.05, 4.69) is 5.32 Å². The van der Waals surface area contributed by atoms with Crippen molar-refractivity contribution >= 4 is 17.5 Å². The molecule has 2 aromatic carbocycles.